The summed E-state index contributed by atoms with van der Waals surface area (Å²) in [5.41, 5.74) is 4.60. The Morgan fingerprint density at radius 3 is 3.04 bits per heavy atom. The van der Waals surface area contributed by atoms with Crippen molar-refractivity contribution < 1.29 is 4.74 Å². The lowest BCUT2D eigenvalue weighted by molar-refractivity contribution is 0.417. The monoisotopic (exact) mass is 413 g/mol. The first-order valence-corrected chi connectivity index (χ1v) is 10.1. The van der Waals surface area contributed by atoms with Crippen LogP contribution < -0.4 is 10.3 Å². The van der Waals surface area contributed by atoms with E-state index < -0.39 is 0 Å². The van der Waals surface area contributed by atoms with Crippen LogP contribution >= 0.6 is 22.7 Å². The van der Waals surface area contributed by atoms with E-state index >= 15 is 0 Å². The second-order valence-corrected chi connectivity index (χ2v) is 8.14. The lowest BCUT2D eigenvalue weighted by Gasteiger charge is -2.05. The zero-order valence-electron chi connectivity index (χ0n) is 15.0. The number of aromatic amines is 1. The normalized spacial score (nSPS) is 11.6. The molecule has 0 bridgehead atoms. The summed E-state index contributed by atoms with van der Waals surface area (Å²) >= 11 is 2.97. The Morgan fingerprint density at radius 2 is 2.25 bits per heavy atom. The molecule has 0 amide bonds. The van der Waals surface area contributed by atoms with E-state index in [0.29, 0.717) is 22.7 Å². The second-order valence-electron chi connectivity index (χ2n) is 6.24. The summed E-state index contributed by atoms with van der Waals surface area (Å²) in [6.45, 7) is 0.263. The smallest absolute Gasteiger partial charge is 0.291 e. The van der Waals surface area contributed by atoms with Crippen LogP contribution in [0.5, 0.6) is 5.06 Å². The van der Waals surface area contributed by atoms with Crippen molar-refractivity contribution in [1.29, 1.82) is 0 Å². The molecule has 0 saturated heterocycles. The van der Waals surface area contributed by atoms with E-state index in [-0.39, 0.29) is 12.1 Å². The number of methoxy groups -OCH3 is 1. The summed E-state index contributed by atoms with van der Waals surface area (Å²) < 4.78 is 9.52. The Labute approximate surface area is 166 Å². The summed E-state index contributed by atoms with van der Waals surface area (Å²) in [7, 11) is 3.45. The Hall–Kier alpha value is -3.05. The molecule has 9 nitrogen and oxygen atoms in total. The number of nitrogens with one attached hydrogen (secondary N) is 1. The molecule has 0 aliphatic carbocycles. The molecule has 5 rings (SSSR count). The van der Waals surface area contributed by atoms with Crippen LogP contribution in [-0.4, -0.2) is 41.6 Å². The van der Waals surface area contributed by atoms with Gasteiger partial charge in [-0.25, -0.2) is 14.6 Å². The summed E-state index contributed by atoms with van der Waals surface area (Å²) in [6, 6.07) is 1.93. The van der Waals surface area contributed by atoms with Gasteiger partial charge in [0.05, 0.1) is 30.1 Å². The maximum Gasteiger partial charge on any atom is 0.291 e. The molecule has 0 aliphatic heterocycles. The van der Waals surface area contributed by atoms with Crippen molar-refractivity contribution in [3.8, 4) is 5.06 Å². The number of thiazole rings is 2. The van der Waals surface area contributed by atoms with Crippen LogP contribution in [0.15, 0.2) is 28.8 Å². The molecule has 0 radical (unpaired) electrons. The van der Waals surface area contributed by atoms with Crippen LogP contribution in [0, 0.1) is 0 Å². The van der Waals surface area contributed by atoms with Gasteiger partial charge in [-0.1, -0.05) is 11.3 Å². The highest BCUT2D eigenvalue weighted by molar-refractivity contribution is 7.19. The number of rotatable bonds is 5. The molecule has 0 aliphatic rings. The van der Waals surface area contributed by atoms with E-state index in [0.717, 1.165) is 26.4 Å². The van der Waals surface area contributed by atoms with Gasteiger partial charge in [0.2, 0.25) is 0 Å². The molecule has 0 aromatic carbocycles. The molecule has 28 heavy (non-hydrogen) atoms. The summed E-state index contributed by atoms with van der Waals surface area (Å²) in [6.07, 6.45) is 4.13. The van der Waals surface area contributed by atoms with Gasteiger partial charge in [0, 0.05) is 30.7 Å². The van der Waals surface area contributed by atoms with Gasteiger partial charge in [-0.3, -0.25) is 9.89 Å². The first-order valence-electron chi connectivity index (χ1n) is 8.44. The van der Waals surface area contributed by atoms with Crippen molar-refractivity contribution >= 4 is 43.9 Å². The van der Waals surface area contributed by atoms with Crippen LogP contribution in [0.25, 0.3) is 21.3 Å². The molecule has 5 heterocycles. The maximum absolute atomic E-state index is 13.1. The third-order valence-corrected chi connectivity index (χ3v) is 6.46. The molecular formula is C17H15N7O2S2. The number of hydrogen-bond acceptors (Lipinski definition) is 8. The summed E-state index contributed by atoms with van der Waals surface area (Å²) in [5.74, 6) is 0. The number of aryl methyl sites for hydroxylation is 1. The standard InChI is InChI=1S/C17H15N7O2S2/c1-23-13-10(14-15(23)21-12(28-14)5-9-3-4-19-22-9)6-20-24(16(13)25)7-11-17(26-2)27-8-18-11/h3-4,6,8H,5,7H2,1-2H3,(H,19,22). The SMILES string of the molecule is COc1scnc1Cn1ncc2c3sc(Cc4ccn[nH]4)nc3n(C)c2c1=O. The highest BCUT2D eigenvalue weighted by atomic mass is 32.1. The number of hydrogen-bond donors (Lipinski definition) is 1. The minimum Gasteiger partial charge on any atom is -0.486 e. The quantitative estimate of drug-likeness (QED) is 0.474. The molecule has 5 aromatic rings. The van der Waals surface area contributed by atoms with Crippen molar-refractivity contribution in [3.05, 3.63) is 50.7 Å². The van der Waals surface area contributed by atoms with Gasteiger partial charge in [0.1, 0.15) is 16.2 Å². The molecule has 0 spiro atoms. The molecule has 1 N–H and O–H groups in total. The van der Waals surface area contributed by atoms with Crippen LogP contribution in [0.4, 0.5) is 0 Å². The zero-order valence-corrected chi connectivity index (χ0v) is 16.7. The van der Waals surface area contributed by atoms with Crippen molar-refractivity contribution in [3.63, 3.8) is 0 Å². The van der Waals surface area contributed by atoms with E-state index in [1.165, 1.54) is 16.0 Å². The predicted molar refractivity (Wildman–Crippen MR) is 107 cm³/mol. The number of ether oxygens (including phenoxy) is 1. The van der Waals surface area contributed by atoms with Gasteiger partial charge in [-0.15, -0.1) is 11.3 Å². The Balaban J connectivity index is 1.59. The van der Waals surface area contributed by atoms with Crippen molar-refractivity contribution in [2.75, 3.05) is 7.11 Å². The van der Waals surface area contributed by atoms with E-state index in [9.17, 15) is 4.79 Å². The number of H-pyrrole nitrogens is 1. The first-order chi connectivity index (χ1) is 13.7. The zero-order chi connectivity index (χ0) is 19.3. The first kappa shape index (κ1) is 17.1. The van der Waals surface area contributed by atoms with Gasteiger partial charge in [-0.05, 0) is 6.07 Å². The highest BCUT2D eigenvalue weighted by Crippen LogP contribution is 2.31. The van der Waals surface area contributed by atoms with E-state index in [2.05, 4.69) is 20.3 Å². The fraction of sp³-hybridized carbons (Fsp3) is 0.235. The van der Waals surface area contributed by atoms with Crippen LogP contribution in [0.1, 0.15) is 16.4 Å². The van der Waals surface area contributed by atoms with Crippen molar-refractivity contribution in [2.24, 2.45) is 7.05 Å². The molecule has 0 atom stereocenters. The van der Waals surface area contributed by atoms with Gasteiger partial charge >= 0.3 is 0 Å². The largest absolute Gasteiger partial charge is 0.486 e. The molecule has 0 fully saturated rings. The van der Waals surface area contributed by atoms with Crippen LogP contribution in [-0.2, 0) is 20.0 Å². The summed E-state index contributed by atoms with van der Waals surface area (Å²) in [4.78, 5) is 22.1. The van der Waals surface area contributed by atoms with Crippen LogP contribution in [0.2, 0.25) is 0 Å². The van der Waals surface area contributed by atoms with Crippen molar-refractivity contribution in [1.82, 2.24) is 34.5 Å². The Bertz CT molecular complexity index is 1340. The Kier molecular flexibility index (Phi) is 3.98. The van der Waals surface area contributed by atoms with E-state index in [1.807, 2.05) is 17.7 Å². The molecule has 11 heteroatoms. The molecule has 142 valence electrons. The molecule has 0 saturated carbocycles. The number of aromatic nitrogens is 7. The van der Waals surface area contributed by atoms with Gasteiger partial charge < -0.3 is 9.30 Å². The molecular weight excluding hydrogens is 398 g/mol. The lowest BCUT2D eigenvalue weighted by atomic mass is 10.3. The van der Waals surface area contributed by atoms with Gasteiger partial charge in [-0.2, -0.15) is 10.2 Å². The fourth-order valence-electron chi connectivity index (χ4n) is 3.24. The van der Waals surface area contributed by atoms with E-state index in [1.54, 1.807) is 36.4 Å². The van der Waals surface area contributed by atoms with Crippen molar-refractivity contribution in [2.45, 2.75) is 13.0 Å². The average Bonchev–Trinajstić information content (AvgIpc) is 3.46. The minimum absolute atomic E-state index is 0.171. The van der Waals surface area contributed by atoms with Gasteiger partial charge in [0.15, 0.2) is 10.7 Å². The fourth-order valence-corrected chi connectivity index (χ4v) is 4.99. The topological polar surface area (TPSA) is 104 Å². The second kappa shape index (κ2) is 6.53. The van der Waals surface area contributed by atoms with Gasteiger partial charge in [0.25, 0.3) is 5.56 Å². The maximum atomic E-state index is 13.1. The average molecular weight is 413 g/mol. The lowest BCUT2D eigenvalue weighted by Crippen LogP contribution is -2.24. The third-order valence-electron chi connectivity index (χ3n) is 4.56. The number of fused-ring (bicyclic) bond motifs is 3. The van der Waals surface area contributed by atoms with E-state index in [4.69, 9.17) is 9.72 Å². The molecule has 0 unspecified atom stereocenters. The minimum atomic E-state index is -0.171. The third kappa shape index (κ3) is 2.62. The highest BCUT2D eigenvalue weighted by Gasteiger charge is 2.19. The molecule has 5 aromatic heterocycles. The van der Waals surface area contributed by atoms with Crippen LogP contribution in [0.3, 0.4) is 0 Å². The number of nitrogens with zero attached hydrogens (tertiary/aromatic N) is 6. The predicted octanol–water partition coefficient (Wildman–Crippen LogP) is 2.17. The summed E-state index contributed by atoms with van der Waals surface area (Å²) in [5, 5.41) is 13.8. The Morgan fingerprint density at radius 1 is 1.36 bits per heavy atom.